The van der Waals surface area contributed by atoms with Crippen LogP contribution < -0.4 is 14.4 Å². The summed E-state index contributed by atoms with van der Waals surface area (Å²) < 4.78 is 34.3. The molecule has 0 unspecified atom stereocenters. The Morgan fingerprint density at radius 1 is 0.900 bits per heavy atom. The zero-order valence-corrected chi connectivity index (χ0v) is 24.6. The molecule has 9 heteroatoms. The maximum Gasteiger partial charge on any atom is 0.264 e. The quantitative estimate of drug-likeness (QED) is 0.317. The van der Waals surface area contributed by atoms with Gasteiger partial charge in [-0.05, 0) is 81.6 Å². The zero-order valence-electron chi connectivity index (χ0n) is 23.8. The van der Waals surface area contributed by atoms with Crippen LogP contribution in [-0.2, 0) is 26.2 Å². The van der Waals surface area contributed by atoms with Crippen LogP contribution >= 0.6 is 0 Å². The van der Waals surface area contributed by atoms with Crippen molar-refractivity contribution >= 4 is 27.5 Å². The number of carbonyl (C=O) groups excluding carboxylic acids is 2. The lowest BCUT2D eigenvalue weighted by Crippen LogP contribution is -2.52. The molecule has 0 radical (unpaired) electrons. The smallest absolute Gasteiger partial charge is 0.264 e. The minimum atomic E-state index is -4.11. The first-order chi connectivity index (χ1) is 19.1. The van der Waals surface area contributed by atoms with E-state index in [4.69, 9.17) is 4.74 Å². The number of nitrogens with one attached hydrogen (secondary N) is 1. The standard InChI is InChI=1S/C31H39N3O5S/c1-6-24(4)32-31(36)25(5)33(21-26-14-12-11-13-23(26)3)30(35)22-34(27-17-19-28(20-18-27)39-7-2)40(37,38)29-15-9-8-10-16-29/h8-20,24-25H,6-7,21-22H2,1-5H3,(H,32,36)/t24-,25-/m1/s1. The summed E-state index contributed by atoms with van der Waals surface area (Å²) in [5.74, 6) is -0.204. The van der Waals surface area contributed by atoms with Crippen molar-refractivity contribution in [1.29, 1.82) is 0 Å². The van der Waals surface area contributed by atoms with Crippen LogP contribution in [0.5, 0.6) is 5.75 Å². The molecule has 0 fully saturated rings. The van der Waals surface area contributed by atoms with Gasteiger partial charge in [0.1, 0.15) is 18.3 Å². The number of nitrogens with zero attached hydrogens (tertiary/aromatic N) is 2. The maximum atomic E-state index is 14.0. The summed E-state index contributed by atoms with van der Waals surface area (Å²) >= 11 is 0. The molecule has 2 amide bonds. The molecule has 8 nitrogen and oxygen atoms in total. The predicted molar refractivity (Wildman–Crippen MR) is 158 cm³/mol. The van der Waals surface area contributed by atoms with Crippen LogP contribution in [0.2, 0.25) is 0 Å². The minimum absolute atomic E-state index is 0.0599. The summed E-state index contributed by atoms with van der Waals surface area (Å²) in [6, 6.07) is 21.3. The summed E-state index contributed by atoms with van der Waals surface area (Å²) in [7, 11) is -4.11. The first-order valence-electron chi connectivity index (χ1n) is 13.5. The number of carbonyl (C=O) groups is 2. The van der Waals surface area contributed by atoms with Crippen molar-refractivity contribution in [2.24, 2.45) is 0 Å². The Morgan fingerprint density at radius 3 is 2.12 bits per heavy atom. The fourth-order valence-electron chi connectivity index (χ4n) is 4.14. The summed E-state index contributed by atoms with van der Waals surface area (Å²) in [4.78, 5) is 28.7. The minimum Gasteiger partial charge on any atom is -0.494 e. The number of hydrogen-bond acceptors (Lipinski definition) is 5. The van der Waals surface area contributed by atoms with E-state index < -0.39 is 28.5 Å². The fourth-order valence-corrected chi connectivity index (χ4v) is 5.58. The van der Waals surface area contributed by atoms with Crippen LogP contribution in [0.25, 0.3) is 0 Å². The molecule has 0 spiro atoms. The van der Waals surface area contributed by atoms with Crippen molar-refractivity contribution in [3.05, 3.63) is 90.0 Å². The topological polar surface area (TPSA) is 96.0 Å². The van der Waals surface area contributed by atoms with Gasteiger partial charge in [-0.3, -0.25) is 13.9 Å². The highest BCUT2D eigenvalue weighted by Crippen LogP contribution is 2.27. The van der Waals surface area contributed by atoms with Gasteiger partial charge >= 0.3 is 0 Å². The first-order valence-corrected chi connectivity index (χ1v) is 15.0. The summed E-state index contributed by atoms with van der Waals surface area (Å²) in [6.45, 7) is 9.47. The second kappa shape index (κ2) is 14.0. The predicted octanol–water partition coefficient (Wildman–Crippen LogP) is 4.92. The Kier molecular flexibility index (Phi) is 10.7. The number of hydrogen-bond donors (Lipinski definition) is 1. The van der Waals surface area contributed by atoms with Crippen molar-refractivity contribution < 1.29 is 22.7 Å². The lowest BCUT2D eigenvalue weighted by atomic mass is 10.1. The summed E-state index contributed by atoms with van der Waals surface area (Å²) in [6.07, 6.45) is 0.741. The van der Waals surface area contributed by atoms with E-state index in [0.29, 0.717) is 18.0 Å². The van der Waals surface area contributed by atoms with Crippen LogP contribution in [0.15, 0.2) is 83.8 Å². The molecule has 2 atom stereocenters. The molecule has 40 heavy (non-hydrogen) atoms. The van der Waals surface area contributed by atoms with E-state index in [-0.39, 0.29) is 23.4 Å². The third-order valence-corrected chi connectivity index (χ3v) is 8.60. The van der Waals surface area contributed by atoms with E-state index >= 15 is 0 Å². The van der Waals surface area contributed by atoms with E-state index in [1.807, 2.05) is 52.0 Å². The second-order valence-corrected chi connectivity index (χ2v) is 11.6. The van der Waals surface area contributed by atoms with Crippen molar-refractivity contribution in [2.45, 2.75) is 64.6 Å². The molecule has 3 aromatic carbocycles. The second-order valence-electron chi connectivity index (χ2n) is 9.69. The molecular formula is C31H39N3O5S. The number of benzene rings is 3. The Labute approximate surface area is 238 Å². The van der Waals surface area contributed by atoms with E-state index in [9.17, 15) is 18.0 Å². The first kappa shape index (κ1) is 30.7. The number of ether oxygens (including phenoxy) is 1. The van der Waals surface area contributed by atoms with Crippen molar-refractivity contribution in [2.75, 3.05) is 17.5 Å². The van der Waals surface area contributed by atoms with E-state index in [2.05, 4.69) is 5.32 Å². The molecule has 0 heterocycles. The molecule has 0 aliphatic carbocycles. The SMILES string of the molecule is CCOc1ccc(N(CC(=O)N(Cc2ccccc2C)[C@H](C)C(=O)N[C@H](C)CC)S(=O)(=O)c2ccccc2)cc1. The third kappa shape index (κ3) is 7.63. The van der Waals surface area contributed by atoms with Crippen molar-refractivity contribution in [1.82, 2.24) is 10.2 Å². The van der Waals surface area contributed by atoms with Crippen LogP contribution in [0.3, 0.4) is 0 Å². The molecule has 3 rings (SSSR count). The Balaban J connectivity index is 2.02. The molecule has 3 aromatic rings. The van der Waals surface area contributed by atoms with E-state index in [0.717, 1.165) is 21.9 Å². The van der Waals surface area contributed by atoms with Crippen LogP contribution in [0.1, 0.15) is 45.2 Å². The van der Waals surface area contributed by atoms with Crippen LogP contribution in [0, 0.1) is 6.92 Å². The molecule has 0 aliphatic heterocycles. The lowest BCUT2D eigenvalue weighted by molar-refractivity contribution is -0.139. The van der Waals surface area contributed by atoms with Gasteiger partial charge in [0.15, 0.2) is 0 Å². The maximum absolute atomic E-state index is 14.0. The highest BCUT2D eigenvalue weighted by molar-refractivity contribution is 7.92. The Morgan fingerprint density at radius 2 is 1.52 bits per heavy atom. The van der Waals surface area contributed by atoms with Gasteiger partial charge in [0.05, 0.1) is 17.2 Å². The highest BCUT2D eigenvalue weighted by Gasteiger charge is 2.33. The molecule has 0 bridgehead atoms. The van der Waals surface area contributed by atoms with Crippen molar-refractivity contribution in [3.8, 4) is 5.75 Å². The largest absolute Gasteiger partial charge is 0.494 e. The van der Waals surface area contributed by atoms with Gasteiger partial charge in [0, 0.05) is 12.6 Å². The Hall–Kier alpha value is -3.85. The normalized spacial score (nSPS) is 12.7. The van der Waals surface area contributed by atoms with Crippen LogP contribution in [0.4, 0.5) is 5.69 Å². The van der Waals surface area contributed by atoms with Gasteiger partial charge in [0.25, 0.3) is 10.0 Å². The molecule has 0 saturated heterocycles. The van der Waals surface area contributed by atoms with E-state index in [1.54, 1.807) is 49.4 Å². The number of amides is 2. The summed E-state index contributed by atoms with van der Waals surface area (Å²) in [5, 5.41) is 2.95. The fraction of sp³-hybridized carbons (Fsp3) is 0.355. The highest BCUT2D eigenvalue weighted by atomic mass is 32.2. The molecule has 0 aromatic heterocycles. The number of aryl methyl sites for hydroxylation is 1. The van der Waals surface area contributed by atoms with Gasteiger partial charge in [-0.25, -0.2) is 8.42 Å². The molecule has 0 aliphatic rings. The molecule has 0 saturated carbocycles. The van der Waals surface area contributed by atoms with Gasteiger partial charge in [-0.2, -0.15) is 0 Å². The monoisotopic (exact) mass is 565 g/mol. The molecular weight excluding hydrogens is 526 g/mol. The molecule has 1 N–H and O–H groups in total. The number of anilines is 1. The number of sulfonamides is 1. The van der Waals surface area contributed by atoms with Crippen LogP contribution in [-0.4, -0.2) is 50.4 Å². The van der Waals surface area contributed by atoms with Crippen molar-refractivity contribution in [3.63, 3.8) is 0 Å². The average molecular weight is 566 g/mol. The third-order valence-electron chi connectivity index (χ3n) is 6.82. The van der Waals surface area contributed by atoms with Gasteiger partial charge in [0.2, 0.25) is 11.8 Å². The van der Waals surface area contributed by atoms with E-state index in [1.165, 1.54) is 17.0 Å². The average Bonchev–Trinajstić information content (AvgIpc) is 2.96. The lowest BCUT2D eigenvalue weighted by Gasteiger charge is -2.32. The van der Waals surface area contributed by atoms with Gasteiger partial charge in [-0.1, -0.05) is 49.4 Å². The zero-order chi connectivity index (χ0) is 29.3. The molecule has 214 valence electrons. The summed E-state index contributed by atoms with van der Waals surface area (Å²) in [5.41, 5.74) is 2.15. The Bertz CT molecular complexity index is 1380. The number of rotatable bonds is 13. The van der Waals surface area contributed by atoms with Gasteiger partial charge in [-0.15, -0.1) is 0 Å². The van der Waals surface area contributed by atoms with Gasteiger partial charge < -0.3 is 15.0 Å².